The van der Waals surface area contributed by atoms with Gasteiger partial charge in [-0.15, -0.1) is 0 Å². The lowest BCUT2D eigenvalue weighted by Gasteiger charge is -2.24. The Morgan fingerprint density at radius 3 is 2.87 bits per heavy atom. The molecule has 2 rings (SSSR count). The lowest BCUT2D eigenvalue weighted by atomic mass is 9.92. The lowest BCUT2D eigenvalue weighted by molar-refractivity contribution is 0.0449. The number of aliphatic hydroxyl groups is 1. The van der Waals surface area contributed by atoms with E-state index in [9.17, 15) is 5.11 Å². The topological polar surface area (TPSA) is 45.2 Å². The van der Waals surface area contributed by atoms with Crippen LogP contribution in [0.4, 0.5) is 5.82 Å². The number of nitrogens with zero attached hydrogens (tertiary/aromatic N) is 1. The predicted octanol–water partition coefficient (Wildman–Crippen LogP) is 2.28. The summed E-state index contributed by atoms with van der Waals surface area (Å²) in [6, 6.07) is 3.88. The van der Waals surface area contributed by atoms with E-state index in [0.717, 1.165) is 43.6 Å². The highest BCUT2D eigenvalue weighted by Gasteiger charge is 2.35. The molecule has 2 N–H and O–H groups in total. The van der Waals surface area contributed by atoms with E-state index in [2.05, 4.69) is 10.3 Å². The highest BCUT2D eigenvalue weighted by atomic mass is 16.3. The summed E-state index contributed by atoms with van der Waals surface area (Å²) in [5.74, 6) is 0.837. The molecule has 0 bridgehead atoms. The van der Waals surface area contributed by atoms with Crippen LogP contribution in [0.1, 0.15) is 38.2 Å². The largest absolute Gasteiger partial charge is 0.385 e. The second kappa shape index (κ2) is 4.19. The van der Waals surface area contributed by atoms with Gasteiger partial charge >= 0.3 is 0 Å². The molecule has 0 unspecified atom stereocenters. The average Bonchev–Trinajstić information content (AvgIpc) is 2.68. The summed E-state index contributed by atoms with van der Waals surface area (Å²) in [5.41, 5.74) is 0.315. The molecule has 0 radical (unpaired) electrons. The van der Waals surface area contributed by atoms with Gasteiger partial charge in [0.1, 0.15) is 5.82 Å². The maximum atomic E-state index is 10.5. The Labute approximate surface area is 90.5 Å². The van der Waals surface area contributed by atoms with Gasteiger partial charge in [0.15, 0.2) is 0 Å². The average molecular weight is 206 g/mol. The van der Waals surface area contributed by atoms with Crippen LogP contribution in [0.3, 0.4) is 0 Å². The number of anilines is 1. The number of aromatic nitrogens is 1. The van der Waals surface area contributed by atoms with Crippen LogP contribution in [0, 0.1) is 0 Å². The van der Waals surface area contributed by atoms with Gasteiger partial charge in [-0.2, -0.15) is 0 Å². The summed E-state index contributed by atoms with van der Waals surface area (Å²) in [7, 11) is 0. The number of pyridine rings is 1. The molecule has 1 aliphatic carbocycles. The van der Waals surface area contributed by atoms with Crippen molar-refractivity contribution in [2.24, 2.45) is 0 Å². The molecule has 0 atom stereocenters. The fourth-order valence-electron chi connectivity index (χ4n) is 2.32. The zero-order chi connectivity index (χ0) is 10.7. The van der Waals surface area contributed by atoms with Crippen LogP contribution in [0.5, 0.6) is 0 Å². The zero-order valence-corrected chi connectivity index (χ0v) is 9.16. The second-order valence-corrected chi connectivity index (χ2v) is 4.17. The third-order valence-corrected chi connectivity index (χ3v) is 3.08. The van der Waals surface area contributed by atoms with E-state index in [1.54, 1.807) is 6.20 Å². The second-order valence-electron chi connectivity index (χ2n) is 4.17. The number of hydrogen-bond acceptors (Lipinski definition) is 3. The van der Waals surface area contributed by atoms with Crippen LogP contribution in [0.2, 0.25) is 0 Å². The first-order valence-electron chi connectivity index (χ1n) is 5.68. The third-order valence-electron chi connectivity index (χ3n) is 3.08. The fourth-order valence-corrected chi connectivity index (χ4v) is 2.32. The van der Waals surface area contributed by atoms with Crippen molar-refractivity contribution < 1.29 is 5.11 Å². The normalized spacial score (nSPS) is 19.1. The Morgan fingerprint density at radius 2 is 2.20 bits per heavy atom. The summed E-state index contributed by atoms with van der Waals surface area (Å²) in [4.78, 5) is 4.29. The molecule has 3 nitrogen and oxygen atoms in total. The van der Waals surface area contributed by atoms with E-state index in [1.165, 1.54) is 0 Å². The minimum absolute atomic E-state index is 0.647. The van der Waals surface area contributed by atoms with Crippen LogP contribution >= 0.6 is 0 Å². The number of rotatable bonds is 3. The molecule has 3 heteroatoms. The highest BCUT2D eigenvalue weighted by Crippen LogP contribution is 2.40. The van der Waals surface area contributed by atoms with Gasteiger partial charge in [-0.3, -0.25) is 0 Å². The molecule has 0 aliphatic heterocycles. The van der Waals surface area contributed by atoms with Crippen LogP contribution in [-0.4, -0.2) is 16.6 Å². The Balaban J connectivity index is 2.33. The summed E-state index contributed by atoms with van der Waals surface area (Å²) in [6.07, 6.45) is 5.70. The van der Waals surface area contributed by atoms with Crippen molar-refractivity contribution in [2.75, 3.05) is 11.9 Å². The van der Waals surface area contributed by atoms with Crippen molar-refractivity contribution in [3.05, 3.63) is 23.9 Å². The van der Waals surface area contributed by atoms with Crippen molar-refractivity contribution in [1.82, 2.24) is 4.98 Å². The van der Waals surface area contributed by atoms with E-state index < -0.39 is 5.60 Å². The first-order chi connectivity index (χ1) is 7.26. The first-order valence-corrected chi connectivity index (χ1v) is 5.68. The number of nitrogens with one attached hydrogen (secondary N) is 1. The minimum Gasteiger partial charge on any atom is -0.385 e. The van der Waals surface area contributed by atoms with Gasteiger partial charge in [0.2, 0.25) is 0 Å². The maximum absolute atomic E-state index is 10.5. The van der Waals surface area contributed by atoms with Crippen LogP contribution in [0.25, 0.3) is 0 Å². The van der Waals surface area contributed by atoms with E-state index in [0.29, 0.717) is 0 Å². The SMILES string of the molecule is CCNc1ncccc1C1(O)CCCC1. The predicted molar refractivity (Wildman–Crippen MR) is 60.8 cm³/mol. The van der Waals surface area contributed by atoms with Gasteiger partial charge < -0.3 is 10.4 Å². The molecule has 1 saturated carbocycles. The van der Waals surface area contributed by atoms with Gasteiger partial charge in [0.05, 0.1) is 5.60 Å². The van der Waals surface area contributed by atoms with Crippen LogP contribution in [-0.2, 0) is 5.60 Å². The van der Waals surface area contributed by atoms with Gasteiger partial charge in [0, 0.05) is 18.3 Å². The van der Waals surface area contributed by atoms with Gasteiger partial charge in [-0.05, 0) is 25.8 Å². The quantitative estimate of drug-likeness (QED) is 0.797. The standard InChI is InChI=1S/C12H18N2O/c1-2-13-11-10(6-5-9-14-11)12(15)7-3-4-8-12/h5-6,9,15H,2-4,7-8H2,1H3,(H,13,14). The minimum atomic E-state index is -0.647. The monoisotopic (exact) mass is 206 g/mol. The molecule has 82 valence electrons. The summed E-state index contributed by atoms with van der Waals surface area (Å²) < 4.78 is 0. The molecule has 0 aromatic carbocycles. The lowest BCUT2D eigenvalue weighted by Crippen LogP contribution is -2.23. The molecule has 0 amide bonds. The molecule has 1 heterocycles. The molecule has 1 fully saturated rings. The summed E-state index contributed by atoms with van der Waals surface area (Å²) in [5, 5.41) is 13.7. The number of hydrogen-bond donors (Lipinski definition) is 2. The Morgan fingerprint density at radius 1 is 1.47 bits per heavy atom. The van der Waals surface area contributed by atoms with E-state index in [-0.39, 0.29) is 0 Å². The third kappa shape index (κ3) is 1.97. The summed E-state index contributed by atoms with van der Waals surface area (Å²) in [6.45, 7) is 2.87. The van der Waals surface area contributed by atoms with E-state index in [4.69, 9.17) is 0 Å². The maximum Gasteiger partial charge on any atom is 0.132 e. The molecule has 1 aromatic heterocycles. The first kappa shape index (κ1) is 10.4. The van der Waals surface area contributed by atoms with Gasteiger partial charge in [-0.25, -0.2) is 4.98 Å². The highest BCUT2D eigenvalue weighted by molar-refractivity contribution is 5.47. The molecule has 15 heavy (non-hydrogen) atoms. The van der Waals surface area contributed by atoms with Crippen molar-refractivity contribution in [2.45, 2.75) is 38.2 Å². The molecule has 1 aromatic rings. The fraction of sp³-hybridized carbons (Fsp3) is 0.583. The van der Waals surface area contributed by atoms with Gasteiger partial charge in [0.25, 0.3) is 0 Å². The Bertz CT molecular complexity index is 332. The Hall–Kier alpha value is -1.09. The smallest absolute Gasteiger partial charge is 0.132 e. The molecular weight excluding hydrogens is 188 g/mol. The van der Waals surface area contributed by atoms with Crippen molar-refractivity contribution in [3.63, 3.8) is 0 Å². The molecule has 0 spiro atoms. The van der Waals surface area contributed by atoms with Gasteiger partial charge in [-0.1, -0.05) is 18.9 Å². The molecule has 1 aliphatic rings. The van der Waals surface area contributed by atoms with E-state index >= 15 is 0 Å². The van der Waals surface area contributed by atoms with Crippen molar-refractivity contribution in [1.29, 1.82) is 0 Å². The van der Waals surface area contributed by atoms with Crippen LogP contribution in [0.15, 0.2) is 18.3 Å². The summed E-state index contributed by atoms with van der Waals surface area (Å²) >= 11 is 0. The van der Waals surface area contributed by atoms with E-state index in [1.807, 2.05) is 19.1 Å². The van der Waals surface area contributed by atoms with Crippen molar-refractivity contribution >= 4 is 5.82 Å². The molecule has 0 saturated heterocycles. The van der Waals surface area contributed by atoms with Crippen LogP contribution < -0.4 is 5.32 Å². The van der Waals surface area contributed by atoms with Crippen molar-refractivity contribution in [3.8, 4) is 0 Å². The zero-order valence-electron chi connectivity index (χ0n) is 9.16. The molecular formula is C12H18N2O. The Kier molecular flexibility index (Phi) is 2.91.